The third-order valence-electron chi connectivity index (χ3n) is 3.90. The summed E-state index contributed by atoms with van der Waals surface area (Å²) < 4.78 is 0. The predicted octanol–water partition coefficient (Wildman–Crippen LogP) is 0.284. The second-order valence-electron chi connectivity index (χ2n) is 5.09. The molecule has 0 bridgehead atoms. The maximum Gasteiger partial charge on any atom is 0.162 e. The second kappa shape index (κ2) is 5.46. The first kappa shape index (κ1) is 11.6. The molecular weight excluding hydrogens is 196 g/mol. The Bertz CT molecular complexity index is 302. The lowest BCUT2D eigenvalue weighted by Gasteiger charge is -2.32. The monoisotopic (exact) mass is 220 g/mol. The quantitative estimate of drug-likeness (QED) is 0.734. The molecule has 16 heavy (non-hydrogen) atoms. The van der Waals surface area contributed by atoms with Crippen molar-refractivity contribution in [1.29, 1.82) is 0 Å². The van der Waals surface area contributed by atoms with Crippen LogP contribution >= 0.6 is 0 Å². The van der Waals surface area contributed by atoms with Crippen molar-refractivity contribution < 1.29 is 10.6 Å². The van der Waals surface area contributed by atoms with Crippen molar-refractivity contribution in [2.75, 3.05) is 19.6 Å². The molecule has 1 saturated heterocycles. The molecule has 1 aliphatic rings. The van der Waals surface area contributed by atoms with Crippen LogP contribution in [0.15, 0.2) is 30.3 Å². The van der Waals surface area contributed by atoms with Crippen molar-refractivity contribution in [2.45, 2.75) is 25.8 Å². The molecule has 0 aliphatic carbocycles. The molecule has 1 aromatic carbocycles. The molecule has 0 amide bonds. The molecule has 0 saturated carbocycles. The lowest BCUT2D eigenvalue weighted by molar-refractivity contribution is -0.943. The van der Waals surface area contributed by atoms with E-state index in [-0.39, 0.29) is 0 Å². The van der Waals surface area contributed by atoms with Gasteiger partial charge in [-0.2, -0.15) is 0 Å². The Balaban J connectivity index is 2.05. The van der Waals surface area contributed by atoms with Crippen molar-refractivity contribution in [3.63, 3.8) is 0 Å². The van der Waals surface area contributed by atoms with E-state index in [0.29, 0.717) is 6.04 Å². The van der Waals surface area contributed by atoms with E-state index in [1.54, 1.807) is 4.90 Å². The van der Waals surface area contributed by atoms with E-state index in [0.717, 1.165) is 12.5 Å². The molecule has 0 radical (unpaired) electrons. The van der Waals surface area contributed by atoms with Gasteiger partial charge in [-0.05, 0) is 18.8 Å². The summed E-state index contributed by atoms with van der Waals surface area (Å²) in [5.74, 6) is 0.921. The van der Waals surface area contributed by atoms with Gasteiger partial charge >= 0.3 is 0 Å². The van der Waals surface area contributed by atoms with Crippen molar-refractivity contribution in [3.8, 4) is 0 Å². The molecule has 2 rings (SSSR count). The van der Waals surface area contributed by atoms with Crippen molar-refractivity contribution in [1.82, 2.24) is 0 Å². The zero-order valence-corrected chi connectivity index (χ0v) is 10.3. The average Bonchev–Trinajstić information content (AvgIpc) is 2.34. The minimum absolute atomic E-state index is 0.605. The number of rotatable bonds is 3. The average molecular weight is 220 g/mol. The highest BCUT2D eigenvalue weighted by molar-refractivity contribution is 5.17. The molecule has 1 atom stereocenters. The van der Waals surface area contributed by atoms with E-state index >= 15 is 0 Å². The van der Waals surface area contributed by atoms with Gasteiger partial charge in [0.15, 0.2) is 6.04 Å². The van der Waals surface area contributed by atoms with E-state index in [2.05, 4.69) is 43.0 Å². The van der Waals surface area contributed by atoms with Crippen LogP contribution in [0.2, 0.25) is 0 Å². The highest BCUT2D eigenvalue weighted by atomic mass is 15.2. The van der Waals surface area contributed by atoms with Crippen LogP contribution in [0.5, 0.6) is 0 Å². The van der Waals surface area contributed by atoms with Crippen LogP contribution in [0.1, 0.15) is 31.4 Å². The Labute approximate surface area is 98.4 Å². The Hall–Kier alpha value is -0.860. The van der Waals surface area contributed by atoms with Crippen LogP contribution in [-0.2, 0) is 0 Å². The van der Waals surface area contributed by atoms with Gasteiger partial charge in [0.25, 0.3) is 0 Å². The minimum atomic E-state index is 0.605. The van der Waals surface area contributed by atoms with E-state index in [9.17, 15) is 0 Å². The highest BCUT2D eigenvalue weighted by Crippen LogP contribution is 2.12. The molecule has 1 aliphatic heterocycles. The fourth-order valence-electron chi connectivity index (χ4n) is 2.77. The molecule has 0 aromatic heterocycles. The number of quaternary nitrogens is 2. The van der Waals surface area contributed by atoms with E-state index in [1.807, 2.05) is 0 Å². The molecule has 1 aromatic rings. The van der Waals surface area contributed by atoms with Crippen LogP contribution in [0.25, 0.3) is 0 Å². The summed E-state index contributed by atoms with van der Waals surface area (Å²) in [5, 5.41) is 0. The minimum Gasteiger partial charge on any atom is -0.352 e. The summed E-state index contributed by atoms with van der Waals surface area (Å²) in [6.07, 6.45) is 2.75. The Morgan fingerprint density at radius 1 is 1.25 bits per heavy atom. The third-order valence-corrected chi connectivity index (χ3v) is 3.90. The molecule has 2 heteroatoms. The molecule has 1 fully saturated rings. The maximum atomic E-state index is 4.14. The van der Waals surface area contributed by atoms with E-state index in [4.69, 9.17) is 0 Å². The predicted molar refractivity (Wildman–Crippen MR) is 66.0 cm³/mol. The molecule has 0 unspecified atom stereocenters. The van der Waals surface area contributed by atoms with Crippen LogP contribution in [0, 0.1) is 5.92 Å². The van der Waals surface area contributed by atoms with Crippen molar-refractivity contribution in [2.24, 2.45) is 5.92 Å². The summed E-state index contributed by atoms with van der Waals surface area (Å²) in [6, 6.07) is 11.5. The smallest absolute Gasteiger partial charge is 0.162 e. The third kappa shape index (κ3) is 2.63. The Morgan fingerprint density at radius 3 is 2.44 bits per heavy atom. The maximum absolute atomic E-state index is 4.14. The fraction of sp³-hybridized carbons (Fsp3) is 0.571. The van der Waals surface area contributed by atoms with E-state index in [1.165, 1.54) is 31.5 Å². The lowest BCUT2D eigenvalue weighted by atomic mass is 9.96. The molecule has 88 valence electrons. The Kier molecular flexibility index (Phi) is 3.97. The number of hydrogen-bond donors (Lipinski definition) is 2. The summed E-state index contributed by atoms with van der Waals surface area (Å²) in [7, 11) is 0. The molecular formula is C14H24N2+2. The van der Waals surface area contributed by atoms with Crippen LogP contribution < -0.4 is 10.6 Å². The lowest BCUT2D eigenvalue weighted by Crippen LogP contribution is -3.14. The second-order valence-corrected chi connectivity index (χ2v) is 5.09. The number of hydrogen-bond acceptors (Lipinski definition) is 0. The van der Waals surface area contributed by atoms with Crippen LogP contribution in [0.4, 0.5) is 0 Å². The summed E-state index contributed by atoms with van der Waals surface area (Å²) in [6.45, 7) is 6.01. The first-order chi connectivity index (χ1) is 7.81. The van der Waals surface area contributed by atoms with Gasteiger partial charge < -0.3 is 10.6 Å². The SMILES string of the molecule is CC1CC[NH+]([C@H](C[NH3+])c2ccccc2)CC1. The number of likely N-dealkylation sites (tertiary alicyclic amines) is 1. The standard InChI is InChI=1S/C14H22N2/c1-12-7-9-16(10-8-12)14(11-15)13-5-3-2-4-6-13/h2-6,12,14H,7-11,15H2,1H3/p+2/t14-/m1/s1. The number of nitrogens with one attached hydrogen (secondary N) is 1. The van der Waals surface area contributed by atoms with Crippen LogP contribution in [-0.4, -0.2) is 19.6 Å². The van der Waals surface area contributed by atoms with Gasteiger partial charge in [0.2, 0.25) is 0 Å². The van der Waals surface area contributed by atoms with Gasteiger partial charge in [-0.25, -0.2) is 0 Å². The first-order valence-corrected chi connectivity index (χ1v) is 6.50. The zero-order chi connectivity index (χ0) is 11.4. The Morgan fingerprint density at radius 2 is 1.88 bits per heavy atom. The normalized spacial score (nSPS) is 27.6. The van der Waals surface area contributed by atoms with Gasteiger partial charge in [0, 0.05) is 5.56 Å². The molecule has 4 N–H and O–H groups in total. The summed E-state index contributed by atoms with van der Waals surface area (Å²) in [4.78, 5) is 1.74. The highest BCUT2D eigenvalue weighted by Gasteiger charge is 2.28. The van der Waals surface area contributed by atoms with Gasteiger partial charge in [0.05, 0.1) is 13.1 Å². The fourth-order valence-corrected chi connectivity index (χ4v) is 2.77. The molecule has 0 spiro atoms. The van der Waals surface area contributed by atoms with Gasteiger partial charge in [-0.1, -0.05) is 37.3 Å². The van der Waals surface area contributed by atoms with Gasteiger partial charge in [-0.15, -0.1) is 0 Å². The zero-order valence-electron chi connectivity index (χ0n) is 10.3. The summed E-state index contributed by atoms with van der Waals surface area (Å²) in [5.41, 5.74) is 5.60. The van der Waals surface area contributed by atoms with Crippen molar-refractivity contribution >= 4 is 0 Å². The van der Waals surface area contributed by atoms with Crippen LogP contribution in [0.3, 0.4) is 0 Å². The topological polar surface area (TPSA) is 32.1 Å². The first-order valence-electron chi connectivity index (χ1n) is 6.50. The van der Waals surface area contributed by atoms with Crippen molar-refractivity contribution in [3.05, 3.63) is 35.9 Å². The number of piperidine rings is 1. The van der Waals surface area contributed by atoms with Gasteiger partial charge in [0.1, 0.15) is 6.54 Å². The molecule has 1 heterocycles. The van der Waals surface area contributed by atoms with E-state index < -0.39 is 0 Å². The van der Waals surface area contributed by atoms with Gasteiger partial charge in [-0.3, -0.25) is 0 Å². The number of benzene rings is 1. The molecule has 2 nitrogen and oxygen atoms in total. The summed E-state index contributed by atoms with van der Waals surface area (Å²) >= 11 is 0. The largest absolute Gasteiger partial charge is 0.352 e.